The smallest absolute Gasteiger partial charge is 0.239 e. The first-order chi connectivity index (χ1) is 6.83. The molecule has 1 saturated carbocycles. The number of hydrogen-bond acceptors (Lipinski definition) is 2. The van der Waals surface area contributed by atoms with E-state index < -0.39 is 0 Å². The van der Waals surface area contributed by atoms with Gasteiger partial charge >= 0.3 is 0 Å². The lowest BCUT2D eigenvalue weighted by Crippen LogP contribution is -2.47. The summed E-state index contributed by atoms with van der Waals surface area (Å²) in [4.78, 5) is 13.6. The average Bonchev–Trinajstić information content (AvgIpc) is 2.15. The SMILES string of the molecule is C[C@H](N)C(=O)N(C)C1CCC(C)(C)CC1. The molecule has 1 amide bonds. The molecule has 0 unspecified atom stereocenters. The highest BCUT2D eigenvalue weighted by Gasteiger charge is 2.31. The van der Waals surface area contributed by atoms with Gasteiger partial charge in [-0.2, -0.15) is 0 Å². The van der Waals surface area contributed by atoms with Crippen LogP contribution in [0.4, 0.5) is 0 Å². The number of likely N-dealkylation sites (N-methyl/N-ethyl adjacent to an activating group) is 1. The largest absolute Gasteiger partial charge is 0.341 e. The van der Waals surface area contributed by atoms with E-state index in [4.69, 9.17) is 5.73 Å². The van der Waals surface area contributed by atoms with Crippen molar-refractivity contribution in [2.75, 3.05) is 7.05 Å². The predicted molar refractivity (Wildman–Crippen MR) is 62.5 cm³/mol. The molecule has 88 valence electrons. The fraction of sp³-hybridized carbons (Fsp3) is 0.917. The summed E-state index contributed by atoms with van der Waals surface area (Å²) < 4.78 is 0. The van der Waals surface area contributed by atoms with E-state index in [-0.39, 0.29) is 11.9 Å². The number of nitrogens with zero attached hydrogens (tertiary/aromatic N) is 1. The Morgan fingerprint density at radius 3 is 2.27 bits per heavy atom. The van der Waals surface area contributed by atoms with Crippen molar-refractivity contribution in [2.45, 2.75) is 58.5 Å². The molecule has 2 N–H and O–H groups in total. The highest BCUT2D eigenvalue weighted by Crippen LogP contribution is 2.36. The van der Waals surface area contributed by atoms with Crippen LogP contribution in [0.1, 0.15) is 46.5 Å². The zero-order valence-corrected chi connectivity index (χ0v) is 10.4. The molecule has 15 heavy (non-hydrogen) atoms. The molecule has 1 rings (SSSR count). The second kappa shape index (κ2) is 4.52. The standard InChI is InChI=1S/C12H24N2O/c1-9(13)11(15)14(4)10-5-7-12(2,3)8-6-10/h9-10H,5-8,13H2,1-4H3/t9-/m0/s1. The van der Waals surface area contributed by atoms with Gasteiger partial charge in [-0.3, -0.25) is 4.79 Å². The lowest BCUT2D eigenvalue weighted by molar-refractivity contribution is -0.134. The number of carbonyl (C=O) groups is 1. The van der Waals surface area contributed by atoms with Crippen LogP contribution in [0.5, 0.6) is 0 Å². The minimum atomic E-state index is -0.370. The van der Waals surface area contributed by atoms with Crippen LogP contribution in [-0.4, -0.2) is 29.9 Å². The van der Waals surface area contributed by atoms with Gasteiger partial charge in [0.2, 0.25) is 5.91 Å². The minimum Gasteiger partial charge on any atom is -0.341 e. The molecule has 1 fully saturated rings. The molecule has 1 atom stereocenters. The summed E-state index contributed by atoms with van der Waals surface area (Å²) in [7, 11) is 1.88. The van der Waals surface area contributed by atoms with Gasteiger partial charge in [0.25, 0.3) is 0 Å². The van der Waals surface area contributed by atoms with Crippen LogP contribution < -0.4 is 5.73 Å². The third-order valence-corrected chi connectivity index (χ3v) is 3.59. The summed E-state index contributed by atoms with van der Waals surface area (Å²) in [5, 5.41) is 0. The Balaban J connectivity index is 2.50. The van der Waals surface area contributed by atoms with Gasteiger partial charge in [-0.05, 0) is 38.0 Å². The molecular formula is C12H24N2O. The Morgan fingerprint density at radius 1 is 1.40 bits per heavy atom. The Hall–Kier alpha value is -0.570. The molecular weight excluding hydrogens is 188 g/mol. The Labute approximate surface area is 93.0 Å². The van der Waals surface area contributed by atoms with Crippen LogP contribution in [0.25, 0.3) is 0 Å². The third-order valence-electron chi connectivity index (χ3n) is 3.59. The average molecular weight is 212 g/mol. The molecule has 3 heteroatoms. The number of rotatable bonds is 2. The van der Waals surface area contributed by atoms with E-state index in [1.54, 1.807) is 6.92 Å². The number of nitrogens with two attached hydrogens (primary N) is 1. The van der Waals surface area contributed by atoms with Crippen LogP contribution in [0, 0.1) is 5.41 Å². The summed E-state index contributed by atoms with van der Waals surface area (Å²) in [6.07, 6.45) is 4.63. The van der Waals surface area contributed by atoms with Crippen molar-refractivity contribution in [1.29, 1.82) is 0 Å². The van der Waals surface area contributed by atoms with Crippen LogP contribution in [0.3, 0.4) is 0 Å². The van der Waals surface area contributed by atoms with Crippen molar-refractivity contribution in [1.82, 2.24) is 4.90 Å². The van der Waals surface area contributed by atoms with Gasteiger partial charge in [-0.25, -0.2) is 0 Å². The third kappa shape index (κ3) is 3.20. The molecule has 1 aliphatic carbocycles. The van der Waals surface area contributed by atoms with Gasteiger partial charge in [0, 0.05) is 13.1 Å². The van der Waals surface area contributed by atoms with E-state index in [1.807, 2.05) is 11.9 Å². The van der Waals surface area contributed by atoms with Crippen molar-refractivity contribution >= 4 is 5.91 Å². The predicted octanol–water partition coefficient (Wildman–Crippen LogP) is 1.76. The van der Waals surface area contributed by atoms with E-state index in [9.17, 15) is 4.79 Å². The molecule has 0 heterocycles. The molecule has 0 aromatic carbocycles. The van der Waals surface area contributed by atoms with Gasteiger partial charge in [0.1, 0.15) is 0 Å². The number of amides is 1. The topological polar surface area (TPSA) is 46.3 Å². The fourth-order valence-corrected chi connectivity index (χ4v) is 2.27. The van der Waals surface area contributed by atoms with Gasteiger partial charge in [-0.15, -0.1) is 0 Å². The maximum atomic E-state index is 11.7. The Morgan fingerprint density at radius 2 is 1.87 bits per heavy atom. The van der Waals surface area contributed by atoms with Crippen LogP contribution in [-0.2, 0) is 4.79 Å². The minimum absolute atomic E-state index is 0.0692. The lowest BCUT2D eigenvalue weighted by Gasteiger charge is -2.39. The molecule has 0 aliphatic heterocycles. The van der Waals surface area contributed by atoms with Crippen LogP contribution >= 0.6 is 0 Å². The van der Waals surface area contributed by atoms with Gasteiger partial charge in [0.05, 0.1) is 6.04 Å². The van der Waals surface area contributed by atoms with E-state index in [1.165, 1.54) is 12.8 Å². The van der Waals surface area contributed by atoms with Crippen molar-refractivity contribution < 1.29 is 4.79 Å². The monoisotopic (exact) mass is 212 g/mol. The van der Waals surface area contributed by atoms with Crippen molar-refractivity contribution in [3.05, 3.63) is 0 Å². The molecule has 1 aliphatic rings. The van der Waals surface area contributed by atoms with E-state index in [0.717, 1.165) is 12.8 Å². The molecule has 0 spiro atoms. The van der Waals surface area contributed by atoms with Crippen LogP contribution in [0.2, 0.25) is 0 Å². The first-order valence-electron chi connectivity index (χ1n) is 5.86. The molecule has 0 aromatic heterocycles. The molecule has 3 nitrogen and oxygen atoms in total. The zero-order chi connectivity index (χ0) is 11.6. The Bertz CT molecular complexity index is 226. The molecule has 0 aromatic rings. The lowest BCUT2D eigenvalue weighted by atomic mass is 9.75. The fourth-order valence-electron chi connectivity index (χ4n) is 2.27. The van der Waals surface area contributed by atoms with Gasteiger partial charge in [-0.1, -0.05) is 13.8 Å². The summed E-state index contributed by atoms with van der Waals surface area (Å²) >= 11 is 0. The second-order valence-electron chi connectivity index (χ2n) is 5.63. The van der Waals surface area contributed by atoms with Crippen molar-refractivity contribution in [2.24, 2.45) is 11.1 Å². The Kier molecular flexibility index (Phi) is 3.77. The maximum absolute atomic E-state index is 11.7. The zero-order valence-electron chi connectivity index (χ0n) is 10.4. The second-order valence-corrected chi connectivity index (χ2v) is 5.63. The van der Waals surface area contributed by atoms with Crippen molar-refractivity contribution in [3.63, 3.8) is 0 Å². The molecule has 0 bridgehead atoms. The van der Waals surface area contributed by atoms with Crippen molar-refractivity contribution in [3.8, 4) is 0 Å². The summed E-state index contributed by atoms with van der Waals surface area (Å²) in [6.45, 7) is 6.36. The highest BCUT2D eigenvalue weighted by atomic mass is 16.2. The maximum Gasteiger partial charge on any atom is 0.239 e. The van der Waals surface area contributed by atoms with E-state index in [2.05, 4.69) is 13.8 Å². The molecule has 0 radical (unpaired) electrons. The van der Waals surface area contributed by atoms with Gasteiger partial charge < -0.3 is 10.6 Å². The summed E-state index contributed by atoms with van der Waals surface area (Å²) in [5.74, 6) is 0.0692. The highest BCUT2D eigenvalue weighted by molar-refractivity contribution is 5.81. The normalized spacial score (nSPS) is 23.5. The first kappa shape index (κ1) is 12.5. The molecule has 0 saturated heterocycles. The first-order valence-corrected chi connectivity index (χ1v) is 5.86. The summed E-state index contributed by atoms with van der Waals surface area (Å²) in [6, 6.07) is 0.0291. The summed E-state index contributed by atoms with van der Waals surface area (Å²) in [5.41, 5.74) is 6.06. The van der Waals surface area contributed by atoms with Gasteiger partial charge in [0.15, 0.2) is 0 Å². The quantitative estimate of drug-likeness (QED) is 0.758. The van der Waals surface area contributed by atoms with E-state index in [0.29, 0.717) is 11.5 Å². The van der Waals surface area contributed by atoms with E-state index >= 15 is 0 Å². The number of hydrogen-bond donors (Lipinski definition) is 1. The van der Waals surface area contributed by atoms with Crippen LogP contribution in [0.15, 0.2) is 0 Å². The number of carbonyl (C=O) groups excluding carboxylic acids is 1.